The standard InChI is InChI=1S/C29H30F3N5O6/c1-18-23(26(33)39)15-24(37(18)16-19-4-3-5-22(14-19)43-29(30,31)32)25(38)17-35-10-12-36(13-11-35)28(41)34-21-8-6-20(7-9-21)27(40)42-2/h3-9,14-15H,10-13,16-17H2,1-2H3,(H2,33,39)(H,34,41). The fraction of sp³-hybridized carbons (Fsp3) is 0.310. The average molecular weight is 602 g/mol. The van der Waals surface area contributed by atoms with Crippen molar-refractivity contribution in [2.24, 2.45) is 5.73 Å². The molecular weight excluding hydrogens is 571 g/mol. The molecule has 0 saturated carbocycles. The summed E-state index contributed by atoms with van der Waals surface area (Å²) in [6.45, 7) is 3.09. The van der Waals surface area contributed by atoms with Gasteiger partial charge in [-0.2, -0.15) is 0 Å². The van der Waals surface area contributed by atoms with Crippen molar-refractivity contribution in [3.05, 3.63) is 82.7 Å². The van der Waals surface area contributed by atoms with Crippen LogP contribution in [0.1, 0.15) is 42.5 Å². The topological polar surface area (TPSA) is 136 Å². The van der Waals surface area contributed by atoms with E-state index in [2.05, 4.69) is 14.8 Å². The number of Topliss-reactive ketones (excluding diaryl/α,β-unsaturated/α-hetero) is 1. The molecule has 4 rings (SSSR count). The Morgan fingerprint density at radius 3 is 2.26 bits per heavy atom. The average Bonchev–Trinajstić information content (AvgIpc) is 3.28. The minimum Gasteiger partial charge on any atom is -0.465 e. The summed E-state index contributed by atoms with van der Waals surface area (Å²) in [6.07, 6.45) is -4.86. The van der Waals surface area contributed by atoms with Crippen molar-refractivity contribution in [2.45, 2.75) is 19.8 Å². The molecular formula is C29H30F3N5O6. The number of alkyl halides is 3. The number of amides is 3. The molecule has 3 aromatic rings. The number of urea groups is 1. The van der Waals surface area contributed by atoms with Crippen LogP contribution in [0.4, 0.5) is 23.7 Å². The maximum atomic E-state index is 13.4. The van der Waals surface area contributed by atoms with Crippen LogP contribution in [0.2, 0.25) is 0 Å². The Bertz CT molecular complexity index is 1510. The summed E-state index contributed by atoms with van der Waals surface area (Å²) in [5.41, 5.74) is 7.51. The molecule has 1 aliphatic rings. The van der Waals surface area contributed by atoms with Crippen molar-refractivity contribution in [3.8, 4) is 5.75 Å². The summed E-state index contributed by atoms with van der Waals surface area (Å²) >= 11 is 0. The number of halogens is 3. The summed E-state index contributed by atoms with van der Waals surface area (Å²) in [4.78, 5) is 53.2. The number of nitrogens with one attached hydrogen (secondary N) is 1. The molecule has 228 valence electrons. The molecule has 0 unspecified atom stereocenters. The van der Waals surface area contributed by atoms with Gasteiger partial charge in [0.15, 0.2) is 5.78 Å². The van der Waals surface area contributed by atoms with Crippen LogP contribution in [-0.4, -0.2) is 84.3 Å². The van der Waals surface area contributed by atoms with E-state index >= 15 is 0 Å². The van der Waals surface area contributed by atoms with Crippen LogP contribution in [0, 0.1) is 6.92 Å². The Labute approximate surface area is 244 Å². The van der Waals surface area contributed by atoms with Gasteiger partial charge in [-0.05, 0) is 55.0 Å². The zero-order chi connectivity index (χ0) is 31.3. The number of carbonyl (C=O) groups is 4. The minimum atomic E-state index is -4.86. The highest BCUT2D eigenvalue weighted by atomic mass is 19.4. The van der Waals surface area contributed by atoms with E-state index in [1.54, 1.807) is 46.7 Å². The van der Waals surface area contributed by atoms with Crippen molar-refractivity contribution < 1.29 is 41.8 Å². The lowest BCUT2D eigenvalue weighted by atomic mass is 10.2. The van der Waals surface area contributed by atoms with Crippen LogP contribution in [-0.2, 0) is 11.3 Å². The lowest BCUT2D eigenvalue weighted by molar-refractivity contribution is -0.274. The maximum Gasteiger partial charge on any atom is 0.573 e. The third kappa shape index (κ3) is 7.92. The highest BCUT2D eigenvalue weighted by molar-refractivity contribution is 6.01. The highest BCUT2D eigenvalue weighted by Crippen LogP contribution is 2.25. The Hall–Kier alpha value is -4.85. The summed E-state index contributed by atoms with van der Waals surface area (Å²) in [5.74, 6) is -1.94. The van der Waals surface area contributed by atoms with Gasteiger partial charge in [-0.15, -0.1) is 13.2 Å². The SMILES string of the molecule is COC(=O)c1ccc(NC(=O)N2CCN(CC(=O)c3cc(C(N)=O)c(C)n3Cc3cccc(OC(F)(F)F)c3)CC2)cc1. The molecule has 1 aromatic heterocycles. The number of nitrogens with two attached hydrogens (primary N) is 1. The van der Waals surface area contributed by atoms with Gasteiger partial charge in [0.05, 0.1) is 30.5 Å². The summed E-state index contributed by atoms with van der Waals surface area (Å²) in [6, 6.07) is 12.7. The van der Waals surface area contributed by atoms with Gasteiger partial charge in [0, 0.05) is 44.1 Å². The molecule has 1 aliphatic heterocycles. The number of hydrogen-bond acceptors (Lipinski definition) is 7. The van der Waals surface area contributed by atoms with Gasteiger partial charge in [-0.25, -0.2) is 9.59 Å². The number of nitrogens with zero attached hydrogens (tertiary/aromatic N) is 3. The minimum absolute atomic E-state index is 0.00377. The monoisotopic (exact) mass is 601 g/mol. The van der Waals surface area contributed by atoms with Crippen molar-refractivity contribution in [1.29, 1.82) is 0 Å². The van der Waals surface area contributed by atoms with Crippen molar-refractivity contribution in [2.75, 3.05) is 45.2 Å². The number of hydrogen-bond donors (Lipinski definition) is 2. The molecule has 1 fully saturated rings. The number of piperazine rings is 1. The molecule has 0 atom stereocenters. The van der Waals surface area contributed by atoms with E-state index in [0.717, 1.165) is 0 Å². The van der Waals surface area contributed by atoms with E-state index in [0.29, 0.717) is 48.7 Å². The van der Waals surface area contributed by atoms with E-state index < -0.39 is 24.0 Å². The quantitative estimate of drug-likeness (QED) is 0.282. The predicted molar refractivity (Wildman–Crippen MR) is 149 cm³/mol. The Morgan fingerprint density at radius 1 is 0.977 bits per heavy atom. The van der Waals surface area contributed by atoms with E-state index in [4.69, 9.17) is 5.73 Å². The van der Waals surface area contributed by atoms with Crippen molar-refractivity contribution in [1.82, 2.24) is 14.4 Å². The predicted octanol–water partition coefficient (Wildman–Crippen LogP) is 3.66. The molecule has 1 saturated heterocycles. The number of ketones is 1. The second-order valence-electron chi connectivity index (χ2n) is 9.86. The van der Waals surface area contributed by atoms with E-state index in [1.165, 1.54) is 31.4 Å². The number of aromatic nitrogens is 1. The largest absolute Gasteiger partial charge is 0.573 e. The molecule has 0 aliphatic carbocycles. The highest BCUT2D eigenvalue weighted by Gasteiger charge is 2.31. The Balaban J connectivity index is 1.39. The van der Waals surface area contributed by atoms with Crippen LogP contribution in [0.3, 0.4) is 0 Å². The van der Waals surface area contributed by atoms with Crippen LogP contribution in [0.25, 0.3) is 0 Å². The summed E-state index contributed by atoms with van der Waals surface area (Å²) in [7, 11) is 1.28. The van der Waals surface area contributed by atoms with Crippen molar-refractivity contribution in [3.63, 3.8) is 0 Å². The number of benzene rings is 2. The molecule has 2 heterocycles. The lowest BCUT2D eigenvalue weighted by Gasteiger charge is -2.34. The number of primary amides is 1. The molecule has 3 amide bonds. The number of esters is 1. The zero-order valence-corrected chi connectivity index (χ0v) is 23.4. The summed E-state index contributed by atoms with van der Waals surface area (Å²) < 4.78 is 48.3. The fourth-order valence-corrected chi connectivity index (χ4v) is 4.76. The van der Waals surface area contributed by atoms with Gasteiger partial charge in [0.25, 0.3) is 5.91 Å². The molecule has 43 heavy (non-hydrogen) atoms. The van der Waals surface area contributed by atoms with Crippen LogP contribution in [0.5, 0.6) is 5.75 Å². The molecule has 11 nitrogen and oxygen atoms in total. The van der Waals surface area contributed by atoms with Gasteiger partial charge in [0.2, 0.25) is 0 Å². The first-order valence-corrected chi connectivity index (χ1v) is 13.2. The molecule has 0 spiro atoms. The fourth-order valence-electron chi connectivity index (χ4n) is 4.76. The molecule has 3 N–H and O–H groups in total. The third-order valence-electron chi connectivity index (χ3n) is 6.97. The van der Waals surface area contributed by atoms with Gasteiger partial charge >= 0.3 is 18.4 Å². The second-order valence-corrected chi connectivity index (χ2v) is 9.86. The summed E-state index contributed by atoms with van der Waals surface area (Å²) in [5, 5.41) is 2.77. The van der Waals surface area contributed by atoms with Gasteiger partial charge in [0.1, 0.15) is 5.75 Å². The Morgan fingerprint density at radius 2 is 1.65 bits per heavy atom. The maximum absolute atomic E-state index is 13.4. The van der Waals surface area contributed by atoms with E-state index in [-0.39, 0.29) is 36.2 Å². The second kappa shape index (κ2) is 13.0. The molecule has 14 heteroatoms. The molecule has 2 aromatic carbocycles. The third-order valence-corrected chi connectivity index (χ3v) is 6.97. The first-order valence-electron chi connectivity index (χ1n) is 13.2. The smallest absolute Gasteiger partial charge is 0.465 e. The van der Waals surface area contributed by atoms with E-state index in [9.17, 15) is 32.3 Å². The van der Waals surface area contributed by atoms with Gasteiger partial charge in [-0.3, -0.25) is 14.5 Å². The van der Waals surface area contributed by atoms with Crippen LogP contribution < -0.4 is 15.8 Å². The van der Waals surface area contributed by atoms with Gasteiger partial charge in [-0.1, -0.05) is 12.1 Å². The van der Waals surface area contributed by atoms with Gasteiger partial charge < -0.3 is 30.0 Å². The molecule has 0 radical (unpaired) electrons. The first kappa shape index (κ1) is 31.1. The number of anilines is 1. The molecule has 0 bridgehead atoms. The first-order chi connectivity index (χ1) is 20.3. The van der Waals surface area contributed by atoms with Crippen molar-refractivity contribution >= 4 is 29.4 Å². The lowest BCUT2D eigenvalue weighted by Crippen LogP contribution is -2.51. The van der Waals surface area contributed by atoms with Crippen LogP contribution >= 0.6 is 0 Å². The Kier molecular flexibility index (Phi) is 9.39. The number of rotatable bonds is 9. The van der Waals surface area contributed by atoms with E-state index in [1.807, 2.05) is 4.90 Å². The number of ether oxygens (including phenoxy) is 2. The zero-order valence-electron chi connectivity index (χ0n) is 23.4. The number of carbonyl (C=O) groups excluding carboxylic acids is 4. The normalized spacial score (nSPS) is 13.8. The van der Waals surface area contributed by atoms with Crippen LogP contribution in [0.15, 0.2) is 54.6 Å². The number of methoxy groups -OCH3 is 1.